The Morgan fingerprint density at radius 2 is 2.00 bits per heavy atom. The number of rotatable bonds is 4. The largest absolute Gasteiger partial charge is 0.365 e. The molecule has 1 aromatic carbocycles. The van der Waals surface area contributed by atoms with E-state index in [1.807, 2.05) is 44.2 Å². The van der Waals surface area contributed by atoms with Gasteiger partial charge in [0.05, 0.1) is 16.9 Å². The summed E-state index contributed by atoms with van der Waals surface area (Å²) in [5.41, 5.74) is 7.55. The van der Waals surface area contributed by atoms with Crippen LogP contribution in [-0.2, 0) is 0 Å². The average molecular weight is 355 g/mol. The number of nitrogens with two attached hydrogens (primary N) is 1. The number of hydrogen-bond acceptors (Lipinski definition) is 3. The minimum absolute atomic E-state index is 0.00544. The predicted molar refractivity (Wildman–Crippen MR) is 99.3 cm³/mol. The highest BCUT2D eigenvalue weighted by atomic mass is 16.2. The van der Waals surface area contributed by atoms with Crippen LogP contribution in [0.4, 0.5) is 4.79 Å². The summed E-state index contributed by atoms with van der Waals surface area (Å²) in [6, 6.07) is 9.61. The SMILES string of the molecule is CC(C)NC(=O)N1CCCC(c2nn(-c3ccccc3)cc2C(N)=O)C1. The Morgan fingerprint density at radius 3 is 2.65 bits per heavy atom. The standard InChI is InChI=1S/C19H25N5O2/c1-13(2)21-19(26)23-10-6-7-14(11-23)17-16(18(20)25)12-24(22-17)15-8-4-3-5-9-15/h3-5,8-9,12-14H,6-7,10-11H2,1-2H3,(H2,20,25)(H,21,26). The van der Waals surface area contributed by atoms with Gasteiger partial charge in [0.15, 0.2) is 0 Å². The number of carbonyl (C=O) groups excluding carboxylic acids is 2. The van der Waals surface area contributed by atoms with Crippen LogP contribution in [0.5, 0.6) is 0 Å². The van der Waals surface area contributed by atoms with Crippen molar-refractivity contribution in [1.29, 1.82) is 0 Å². The second-order valence-electron chi connectivity index (χ2n) is 6.96. The fourth-order valence-electron chi connectivity index (χ4n) is 3.31. The Hall–Kier alpha value is -2.83. The van der Waals surface area contributed by atoms with Crippen LogP contribution in [0, 0.1) is 0 Å². The molecule has 3 N–H and O–H groups in total. The molecule has 0 radical (unpaired) electrons. The maximum Gasteiger partial charge on any atom is 0.317 e. The molecule has 0 bridgehead atoms. The van der Waals surface area contributed by atoms with Crippen molar-refractivity contribution in [2.24, 2.45) is 5.73 Å². The first-order chi connectivity index (χ1) is 12.5. The molecule has 1 aromatic heterocycles. The molecule has 2 aromatic rings. The third kappa shape index (κ3) is 3.87. The number of likely N-dealkylation sites (tertiary alicyclic amines) is 1. The first-order valence-corrected chi connectivity index (χ1v) is 8.96. The van der Waals surface area contributed by atoms with Gasteiger partial charge < -0.3 is 16.0 Å². The third-order valence-electron chi connectivity index (χ3n) is 4.54. The number of para-hydroxylation sites is 1. The molecule has 1 unspecified atom stereocenters. The molecule has 26 heavy (non-hydrogen) atoms. The molecular weight excluding hydrogens is 330 g/mol. The zero-order chi connectivity index (χ0) is 18.7. The number of piperidine rings is 1. The fraction of sp³-hybridized carbons (Fsp3) is 0.421. The highest BCUT2D eigenvalue weighted by Crippen LogP contribution is 2.29. The van der Waals surface area contributed by atoms with Crippen molar-refractivity contribution in [3.05, 3.63) is 47.8 Å². The highest BCUT2D eigenvalue weighted by Gasteiger charge is 2.30. The number of nitrogens with one attached hydrogen (secondary N) is 1. The predicted octanol–water partition coefficient (Wildman–Crippen LogP) is 2.27. The summed E-state index contributed by atoms with van der Waals surface area (Å²) < 4.78 is 1.68. The summed E-state index contributed by atoms with van der Waals surface area (Å²) in [6.07, 6.45) is 3.42. The lowest BCUT2D eigenvalue weighted by atomic mass is 9.92. The van der Waals surface area contributed by atoms with E-state index in [4.69, 9.17) is 5.73 Å². The summed E-state index contributed by atoms with van der Waals surface area (Å²) in [5, 5.41) is 7.56. The van der Waals surface area contributed by atoms with Crippen LogP contribution >= 0.6 is 0 Å². The maximum atomic E-state index is 12.3. The summed E-state index contributed by atoms with van der Waals surface area (Å²) in [4.78, 5) is 26.1. The highest BCUT2D eigenvalue weighted by molar-refractivity contribution is 5.94. The van der Waals surface area contributed by atoms with E-state index in [0.717, 1.165) is 18.5 Å². The lowest BCUT2D eigenvalue weighted by molar-refractivity contribution is 0.0998. The van der Waals surface area contributed by atoms with Crippen LogP contribution in [0.25, 0.3) is 5.69 Å². The number of benzene rings is 1. The van der Waals surface area contributed by atoms with Crippen molar-refractivity contribution in [2.75, 3.05) is 13.1 Å². The molecule has 0 spiro atoms. The first kappa shape index (κ1) is 18.0. The molecule has 1 saturated heterocycles. The average Bonchev–Trinajstić information content (AvgIpc) is 3.08. The number of primary amides is 1. The van der Waals surface area contributed by atoms with Gasteiger partial charge in [-0.05, 0) is 38.8 Å². The molecule has 2 heterocycles. The summed E-state index contributed by atoms with van der Waals surface area (Å²) in [7, 11) is 0. The Bertz CT molecular complexity index is 784. The Kier molecular flexibility index (Phi) is 5.25. The molecule has 1 atom stereocenters. The molecule has 0 saturated carbocycles. The molecule has 3 rings (SSSR count). The van der Waals surface area contributed by atoms with E-state index in [-0.39, 0.29) is 18.0 Å². The Morgan fingerprint density at radius 1 is 1.27 bits per heavy atom. The second kappa shape index (κ2) is 7.59. The molecule has 1 aliphatic rings. The van der Waals surface area contributed by atoms with Crippen molar-refractivity contribution in [2.45, 2.75) is 38.6 Å². The lowest BCUT2D eigenvalue weighted by Crippen LogP contribution is -2.47. The number of nitrogens with zero attached hydrogens (tertiary/aromatic N) is 3. The van der Waals surface area contributed by atoms with Crippen molar-refractivity contribution < 1.29 is 9.59 Å². The van der Waals surface area contributed by atoms with Crippen molar-refractivity contribution in [3.63, 3.8) is 0 Å². The van der Waals surface area contributed by atoms with E-state index in [2.05, 4.69) is 10.4 Å². The molecule has 7 nitrogen and oxygen atoms in total. The van der Waals surface area contributed by atoms with Crippen LogP contribution in [-0.4, -0.2) is 45.8 Å². The zero-order valence-electron chi connectivity index (χ0n) is 15.2. The maximum absolute atomic E-state index is 12.3. The number of urea groups is 1. The molecule has 1 fully saturated rings. The minimum Gasteiger partial charge on any atom is -0.365 e. The van der Waals surface area contributed by atoms with E-state index in [1.165, 1.54) is 0 Å². The number of amides is 3. The molecule has 138 valence electrons. The molecule has 1 aliphatic heterocycles. The van der Waals surface area contributed by atoms with Crippen molar-refractivity contribution >= 4 is 11.9 Å². The molecule has 3 amide bonds. The van der Waals surface area contributed by atoms with Crippen LogP contribution in [0.15, 0.2) is 36.5 Å². The number of aromatic nitrogens is 2. The molecule has 0 aliphatic carbocycles. The summed E-state index contributed by atoms with van der Waals surface area (Å²) in [5.74, 6) is -0.500. The monoisotopic (exact) mass is 355 g/mol. The normalized spacial score (nSPS) is 17.3. The van der Waals surface area contributed by atoms with Crippen molar-refractivity contribution in [1.82, 2.24) is 20.0 Å². The van der Waals surface area contributed by atoms with Gasteiger partial charge in [0.2, 0.25) is 0 Å². The summed E-state index contributed by atoms with van der Waals surface area (Å²) in [6.45, 7) is 5.11. The van der Waals surface area contributed by atoms with Gasteiger partial charge in [0.25, 0.3) is 5.91 Å². The molecule has 7 heteroatoms. The van der Waals surface area contributed by atoms with Gasteiger partial charge in [-0.15, -0.1) is 0 Å². The van der Waals surface area contributed by atoms with Crippen LogP contribution in [0.2, 0.25) is 0 Å². The van der Waals surface area contributed by atoms with E-state index in [1.54, 1.807) is 15.8 Å². The molecular formula is C19H25N5O2. The van der Waals surface area contributed by atoms with Crippen LogP contribution in [0.1, 0.15) is 48.7 Å². The van der Waals surface area contributed by atoms with E-state index < -0.39 is 5.91 Å². The van der Waals surface area contributed by atoms with Crippen molar-refractivity contribution in [3.8, 4) is 5.69 Å². The van der Waals surface area contributed by atoms with Gasteiger partial charge in [0, 0.05) is 31.2 Å². The van der Waals surface area contributed by atoms with Gasteiger partial charge in [0.1, 0.15) is 0 Å². The van der Waals surface area contributed by atoms with Gasteiger partial charge in [-0.3, -0.25) is 4.79 Å². The number of hydrogen-bond donors (Lipinski definition) is 2. The minimum atomic E-state index is -0.495. The van der Waals surface area contributed by atoms with Gasteiger partial charge in [-0.1, -0.05) is 18.2 Å². The van der Waals surface area contributed by atoms with E-state index in [9.17, 15) is 9.59 Å². The fourth-order valence-corrected chi connectivity index (χ4v) is 3.31. The Balaban J connectivity index is 1.86. The lowest BCUT2D eigenvalue weighted by Gasteiger charge is -2.32. The van der Waals surface area contributed by atoms with Crippen LogP contribution < -0.4 is 11.1 Å². The smallest absolute Gasteiger partial charge is 0.317 e. The van der Waals surface area contributed by atoms with Gasteiger partial charge >= 0.3 is 6.03 Å². The van der Waals surface area contributed by atoms with E-state index in [0.29, 0.717) is 24.3 Å². The first-order valence-electron chi connectivity index (χ1n) is 8.96. The topological polar surface area (TPSA) is 93.2 Å². The zero-order valence-corrected chi connectivity index (χ0v) is 15.2. The second-order valence-corrected chi connectivity index (χ2v) is 6.96. The number of carbonyl (C=O) groups is 2. The van der Waals surface area contributed by atoms with E-state index >= 15 is 0 Å². The van der Waals surface area contributed by atoms with Crippen LogP contribution in [0.3, 0.4) is 0 Å². The van der Waals surface area contributed by atoms with Gasteiger partial charge in [-0.25, -0.2) is 9.48 Å². The Labute approximate surface area is 153 Å². The summed E-state index contributed by atoms with van der Waals surface area (Å²) >= 11 is 0. The van der Waals surface area contributed by atoms with Gasteiger partial charge in [-0.2, -0.15) is 5.10 Å². The quantitative estimate of drug-likeness (QED) is 0.881. The third-order valence-corrected chi connectivity index (χ3v) is 4.54.